The molecule has 0 aromatic heterocycles. The summed E-state index contributed by atoms with van der Waals surface area (Å²) in [5.41, 5.74) is 2.58. The third kappa shape index (κ3) is 5.87. The Labute approximate surface area is 167 Å². The van der Waals surface area contributed by atoms with Crippen molar-refractivity contribution < 1.29 is 14.3 Å². The Morgan fingerprint density at radius 1 is 1.15 bits per heavy atom. The molecule has 0 fully saturated rings. The van der Waals surface area contributed by atoms with Crippen LogP contribution in [0.2, 0.25) is 0 Å². The summed E-state index contributed by atoms with van der Waals surface area (Å²) in [7, 11) is 1.60. The topological polar surface area (TPSA) is 67.4 Å². The molecule has 136 valence electrons. The molecule has 0 aliphatic carbocycles. The smallest absolute Gasteiger partial charge is 0.246 e. The van der Waals surface area contributed by atoms with Crippen LogP contribution in [0.5, 0.6) is 5.75 Å². The van der Waals surface area contributed by atoms with Crippen molar-refractivity contribution in [2.75, 3.05) is 12.4 Å². The Bertz CT molecular complexity index is 816. The van der Waals surface area contributed by atoms with Crippen LogP contribution in [0, 0.1) is 10.5 Å². The van der Waals surface area contributed by atoms with Gasteiger partial charge < -0.3 is 15.4 Å². The molecule has 26 heavy (non-hydrogen) atoms. The molecule has 0 heterocycles. The molecule has 0 saturated carbocycles. The summed E-state index contributed by atoms with van der Waals surface area (Å²) >= 11 is 2.22. The van der Waals surface area contributed by atoms with Gasteiger partial charge in [-0.05, 0) is 84.0 Å². The number of methoxy groups -OCH3 is 1. The maximum Gasteiger partial charge on any atom is 0.246 e. The molecule has 5 nitrogen and oxygen atoms in total. The van der Waals surface area contributed by atoms with Crippen molar-refractivity contribution in [1.82, 2.24) is 5.32 Å². The number of benzene rings is 2. The van der Waals surface area contributed by atoms with E-state index in [1.807, 2.05) is 49.4 Å². The van der Waals surface area contributed by atoms with Gasteiger partial charge in [0, 0.05) is 15.3 Å². The number of halogens is 1. The summed E-state index contributed by atoms with van der Waals surface area (Å²) in [6, 6.07) is 12.4. The minimum atomic E-state index is -0.651. The van der Waals surface area contributed by atoms with Crippen LogP contribution in [0.25, 0.3) is 6.08 Å². The van der Waals surface area contributed by atoms with Gasteiger partial charge in [-0.25, -0.2) is 0 Å². The molecule has 2 aromatic rings. The Hall–Kier alpha value is -2.35. The number of anilines is 1. The van der Waals surface area contributed by atoms with Crippen LogP contribution in [-0.2, 0) is 9.59 Å². The van der Waals surface area contributed by atoms with Gasteiger partial charge in [-0.2, -0.15) is 0 Å². The largest absolute Gasteiger partial charge is 0.497 e. The van der Waals surface area contributed by atoms with Crippen LogP contribution in [0.3, 0.4) is 0 Å². The number of rotatable bonds is 6. The van der Waals surface area contributed by atoms with E-state index in [1.54, 1.807) is 20.1 Å². The van der Waals surface area contributed by atoms with Crippen LogP contribution in [0.15, 0.2) is 48.5 Å². The zero-order valence-electron chi connectivity index (χ0n) is 14.9. The van der Waals surface area contributed by atoms with Crippen molar-refractivity contribution >= 4 is 46.2 Å². The number of ether oxygens (including phenoxy) is 1. The van der Waals surface area contributed by atoms with Gasteiger partial charge in [0.05, 0.1) is 7.11 Å². The summed E-state index contributed by atoms with van der Waals surface area (Å²) in [6.07, 6.45) is 3.09. The highest BCUT2D eigenvalue weighted by Crippen LogP contribution is 2.18. The average molecular weight is 464 g/mol. The molecule has 2 aromatic carbocycles. The van der Waals surface area contributed by atoms with Gasteiger partial charge in [0.1, 0.15) is 11.8 Å². The number of aryl methyl sites for hydroxylation is 1. The van der Waals surface area contributed by atoms with Crippen molar-refractivity contribution in [3.8, 4) is 5.75 Å². The second kappa shape index (κ2) is 9.38. The lowest BCUT2D eigenvalue weighted by atomic mass is 10.2. The second-order valence-corrected chi connectivity index (χ2v) is 7.03. The van der Waals surface area contributed by atoms with Crippen molar-refractivity contribution in [2.24, 2.45) is 0 Å². The van der Waals surface area contributed by atoms with Crippen molar-refractivity contribution in [3.63, 3.8) is 0 Å². The number of carbonyl (C=O) groups excluding carboxylic acids is 2. The van der Waals surface area contributed by atoms with Gasteiger partial charge in [0.2, 0.25) is 11.8 Å². The van der Waals surface area contributed by atoms with E-state index in [9.17, 15) is 9.59 Å². The van der Waals surface area contributed by atoms with E-state index in [0.29, 0.717) is 0 Å². The number of amides is 2. The summed E-state index contributed by atoms with van der Waals surface area (Å²) in [5, 5.41) is 5.49. The Balaban J connectivity index is 1.90. The van der Waals surface area contributed by atoms with Crippen LogP contribution < -0.4 is 15.4 Å². The predicted octanol–water partition coefficient (Wildman–Crippen LogP) is 3.76. The fourth-order valence-corrected chi connectivity index (χ4v) is 2.87. The molecule has 0 spiro atoms. The molecule has 0 saturated heterocycles. The molecule has 2 rings (SSSR count). The van der Waals surface area contributed by atoms with Gasteiger partial charge in [0.15, 0.2) is 0 Å². The maximum atomic E-state index is 12.3. The number of nitrogens with one attached hydrogen (secondary N) is 2. The van der Waals surface area contributed by atoms with Crippen molar-refractivity contribution in [2.45, 2.75) is 19.9 Å². The number of carbonyl (C=O) groups is 2. The first kappa shape index (κ1) is 20.0. The molecule has 0 aliphatic heterocycles. The number of hydrogen-bond acceptors (Lipinski definition) is 3. The molecule has 2 amide bonds. The number of hydrogen-bond donors (Lipinski definition) is 2. The molecule has 0 aliphatic rings. The highest BCUT2D eigenvalue weighted by molar-refractivity contribution is 14.1. The lowest BCUT2D eigenvalue weighted by Gasteiger charge is -2.14. The molecule has 0 radical (unpaired) electrons. The van der Waals surface area contributed by atoms with Crippen LogP contribution in [-0.4, -0.2) is 25.0 Å². The zero-order chi connectivity index (χ0) is 19.1. The Morgan fingerprint density at radius 2 is 1.85 bits per heavy atom. The highest BCUT2D eigenvalue weighted by Gasteiger charge is 2.15. The summed E-state index contributed by atoms with van der Waals surface area (Å²) in [6.45, 7) is 3.58. The van der Waals surface area contributed by atoms with Crippen LogP contribution in [0.1, 0.15) is 18.1 Å². The molecule has 1 unspecified atom stereocenters. The van der Waals surface area contributed by atoms with Gasteiger partial charge in [-0.15, -0.1) is 0 Å². The van der Waals surface area contributed by atoms with E-state index < -0.39 is 6.04 Å². The molecular formula is C20H21IN2O3. The highest BCUT2D eigenvalue weighted by atomic mass is 127. The van der Waals surface area contributed by atoms with Gasteiger partial charge in [-0.1, -0.05) is 12.1 Å². The van der Waals surface area contributed by atoms with E-state index in [4.69, 9.17) is 4.74 Å². The third-order valence-electron chi connectivity index (χ3n) is 3.74. The lowest BCUT2D eigenvalue weighted by molar-refractivity contribution is -0.123. The second-order valence-electron chi connectivity index (χ2n) is 5.79. The molecule has 1 atom stereocenters. The summed E-state index contributed by atoms with van der Waals surface area (Å²) in [4.78, 5) is 24.3. The van der Waals surface area contributed by atoms with E-state index in [2.05, 4.69) is 33.2 Å². The SMILES string of the molecule is COc1ccc(/C=C/C(=O)NC(C)C(=O)Nc2ccc(I)cc2C)cc1. The predicted molar refractivity (Wildman–Crippen MR) is 112 cm³/mol. The quantitative estimate of drug-likeness (QED) is 0.506. The first-order valence-electron chi connectivity index (χ1n) is 8.08. The van der Waals surface area contributed by atoms with Crippen molar-refractivity contribution in [3.05, 3.63) is 63.2 Å². The first-order chi connectivity index (χ1) is 12.4. The van der Waals surface area contributed by atoms with E-state index in [-0.39, 0.29) is 11.8 Å². The van der Waals surface area contributed by atoms with Gasteiger partial charge in [-0.3, -0.25) is 9.59 Å². The Kier molecular flexibility index (Phi) is 7.20. The molecule has 6 heteroatoms. The fourth-order valence-electron chi connectivity index (χ4n) is 2.22. The molecule has 2 N–H and O–H groups in total. The van der Waals surface area contributed by atoms with E-state index in [1.165, 1.54) is 6.08 Å². The van der Waals surface area contributed by atoms with E-state index in [0.717, 1.165) is 26.1 Å². The normalized spacial score (nSPS) is 11.8. The van der Waals surface area contributed by atoms with Crippen molar-refractivity contribution in [1.29, 1.82) is 0 Å². The standard InChI is InChI=1S/C20H21IN2O3/c1-13-12-16(21)7-10-18(13)23-20(25)14(2)22-19(24)11-6-15-4-8-17(26-3)9-5-15/h4-12,14H,1-3H3,(H,22,24)(H,23,25)/b11-6+. The maximum absolute atomic E-state index is 12.3. The van der Waals surface area contributed by atoms with Crippen LogP contribution >= 0.6 is 22.6 Å². The first-order valence-corrected chi connectivity index (χ1v) is 9.16. The summed E-state index contributed by atoms with van der Waals surface area (Å²) in [5.74, 6) is 0.158. The van der Waals surface area contributed by atoms with Gasteiger partial charge in [0.25, 0.3) is 0 Å². The minimum absolute atomic E-state index is 0.263. The Morgan fingerprint density at radius 3 is 2.46 bits per heavy atom. The summed E-state index contributed by atoms with van der Waals surface area (Å²) < 4.78 is 6.19. The minimum Gasteiger partial charge on any atom is -0.497 e. The molecular weight excluding hydrogens is 443 g/mol. The van der Waals surface area contributed by atoms with Gasteiger partial charge >= 0.3 is 0 Å². The zero-order valence-corrected chi connectivity index (χ0v) is 17.0. The fraction of sp³-hybridized carbons (Fsp3) is 0.200. The third-order valence-corrected chi connectivity index (χ3v) is 4.41. The molecule has 0 bridgehead atoms. The van der Waals surface area contributed by atoms with E-state index >= 15 is 0 Å². The average Bonchev–Trinajstić information content (AvgIpc) is 2.62. The monoisotopic (exact) mass is 464 g/mol. The van der Waals surface area contributed by atoms with Crippen LogP contribution in [0.4, 0.5) is 5.69 Å². The lowest BCUT2D eigenvalue weighted by Crippen LogP contribution is -2.41.